The summed E-state index contributed by atoms with van der Waals surface area (Å²) in [5.41, 5.74) is 0.909. The smallest absolute Gasteiger partial charge is 0.233 e. The fraction of sp³-hybridized carbons (Fsp3) is 0.611. The highest BCUT2D eigenvalue weighted by Gasteiger charge is 2.44. The van der Waals surface area contributed by atoms with Gasteiger partial charge in [0.15, 0.2) is 0 Å². The number of piperidine rings is 1. The average molecular weight is 286 g/mol. The van der Waals surface area contributed by atoms with Gasteiger partial charge in [-0.3, -0.25) is 4.79 Å². The number of carbonyl (C=O) groups is 1. The lowest BCUT2D eigenvalue weighted by atomic mass is 9.72. The van der Waals surface area contributed by atoms with E-state index in [9.17, 15) is 4.79 Å². The Balaban J connectivity index is 1.87. The molecule has 1 atom stereocenters. The van der Waals surface area contributed by atoms with Crippen molar-refractivity contribution in [1.82, 2.24) is 10.2 Å². The van der Waals surface area contributed by atoms with Crippen molar-refractivity contribution in [3.05, 3.63) is 35.9 Å². The number of carbonyl (C=O) groups excluding carboxylic acids is 1. The third-order valence-electron chi connectivity index (χ3n) is 5.34. The molecule has 0 aromatic heterocycles. The second-order valence-corrected chi connectivity index (χ2v) is 6.51. The van der Waals surface area contributed by atoms with E-state index in [1.807, 2.05) is 6.07 Å². The molecule has 0 bridgehead atoms. The van der Waals surface area contributed by atoms with E-state index in [1.54, 1.807) is 0 Å². The first kappa shape index (κ1) is 14.6. The van der Waals surface area contributed by atoms with Gasteiger partial charge in [-0.25, -0.2) is 0 Å². The maximum absolute atomic E-state index is 13.3. The minimum atomic E-state index is -0.296. The van der Waals surface area contributed by atoms with Crippen molar-refractivity contribution in [2.45, 2.75) is 38.0 Å². The Hall–Kier alpha value is -1.35. The highest BCUT2D eigenvalue weighted by molar-refractivity contribution is 5.88. The zero-order valence-electron chi connectivity index (χ0n) is 13.0. The quantitative estimate of drug-likeness (QED) is 0.926. The highest BCUT2D eigenvalue weighted by atomic mass is 16.2. The van der Waals surface area contributed by atoms with Crippen molar-refractivity contribution in [2.75, 3.05) is 26.2 Å². The van der Waals surface area contributed by atoms with Gasteiger partial charge in [-0.1, -0.05) is 43.7 Å². The Bertz CT molecular complexity index is 479. The predicted molar refractivity (Wildman–Crippen MR) is 85.2 cm³/mol. The number of amides is 1. The molecule has 1 amide bonds. The van der Waals surface area contributed by atoms with Crippen LogP contribution in [0.15, 0.2) is 30.3 Å². The van der Waals surface area contributed by atoms with E-state index in [0.29, 0.717) is 11.8 Å². The summed E-state index contributed by atoms with van der Waals surface area (Å²) in [7, 11) is 0. The molecule has 2 aliphatic heterocycles. The Kier molecular flexibility index (Phi) is 4.29. The van der Waals surface area contributed by atoms with Crippen LogP contribution in [0, 0.1) is 5.92 Å². The summed E-state index contributed by atoms with van der Waals surface area (Å²) in [6, 6.07) is 10.4. The first-order valence-corrected chi connectivity index (χ1v) is 8.32. The standard InChI is InChI=1S/C18H26N2O/c1-2-15-8-13-20(14-15)17(21)18(9-11-19-12-10-18)16-6-4-3-5-7-16/h3-7,15,19H,2,8-14H2,1H3. The molecule has 0 spiro atoms. The molecule has 0 radical (unpaired) electrons. The largest absolute Gasteiger partial charge is 0.342 e. The summed E-state index contributed by atoms with van der Waals surface area (Å²) in [6.45, 7) is 6.00. The van der Waals surface area contributed by atoms with Crippen LogP contribution in [-0.2, 0) is 10.2 Å². The van der Waals surface area contributed by atoms with E-state index in [-0.39, 0.29) is 5.41 Å². The van der Waals surface area contributed by atoms with Crippen LogP contribution in [-0.4, -0.2) is 37.0 Å². The van der Waals surface area contributed by atoms with Crippen molar-refractivity contribution in [3.8, 4) is 0 Å². The van der Waals surface area contributed by atoms with Gasteiger partial charge >= 0.3 is 0 Å². The maximum atomic E-state index is 13.3. The van der Waals surface area contributed by atoms with Crippen molar-refractivity contribution in [2.24, 2.45) is 5.92 Å². The Morgan fingerprint density at radius 1 is 1.29 bits per heavy atom. The number of nitrogens with one attached hydrogen (secondary N) is 1. The third kappa shape index (κ3) is 2.71. The first-order chi connectivity index (χ1) is 10.3. The van der Waals surface area contributed by atoms with Gasteiger partial charge in [-0.05, 0) is 43.8 Å². The van der Waals surface area contributed by atoms with E-state index in [1.165, 1.54) is 18.4 Å². The molecule has 2 aliphatic rings. The van der Waals surface area contributed by atoms with Crippen molar-refractivity contribution < 1.29 is 4.79 Å². The van der Waals surface area contributed by atoms with Crippen LogP contribution >= 0.6 is 0 Å². The summed E-state index contributed by atoms with van der Waals surface area (Å²) in [5, 5.41) is 3.40. The molecule has 0 saturated carbocycles. The lowest BCUT2D eigenvalue weighted by Crippen LogP contribution is -2.51. The number of benzene rings is 1. The topological polar surface area (TPSA) is 32.3 Å². The molecule has 2 saturated heterocycles. The van der Waals surface area contributed by atoms with E-state index in [4.69, 9.17) is 0 Å². The van der Waals surface area contributed by atoms with Gasteiger partial charge in [0, 0.05) is 13.1 Å². The second kappa shape index (κ2) is 6.18. The molecule has 3 nitrogen and oxygen atoms in total. The fourth-order valence-electron chi connectivity index (χ4n) is 3.89. The Morgan fingerprint density at radius 2 is 2.00 bits per heavy atom. The van der Waals surface area contributed by atoms with Gasteiger partial charge in [0.1, 0.15) is 0 Å². The van der Waals surface area contributed by atoms with Gasteiger partial charge in [-0.2, -0.15) is 0 Å². The van der Waals surface area contributed by atoms with Crippen LogP contribution < -0.4 is 5.32 Å². The molecule has 3 rings (SSSR count). The number of rotatable bonds is 3. The lowest BCUT2D eigenvalue weighted by molar-refractivity contribution is -0.137. The summed E-state index contributed by atoms with van der Waals surface area (Å²) >= 11 is 0. The molecule has 21 heavy (non-hydrogen) atoms. The van der Waals surface area contributed by atoms with Crippen LogP contribution in [0.3, 0.4) is 0 Å². The van der Waals surface area contributed by atoms with Crippen LogP contribution in [0.25, 0.3) is 0 Å². The molecular weight excluding hydrogens is 260 g/mol. The summed E-state index contributed by atoms with van der Waals surface area (Å²) in [5.74, 6) is 1.06. The molecule has 2 heterocycles. The molecule has 1 aromatic rings. The molecule has 114 valence electrons. The third-order valence-corrected chi connectivity index (χ3v) is 5.34. The zero-order chi connectivity index (χ0) is 14.7. The van der Waals surface area contributed by atoms with E-state index in [0.717, 1.165) is 39.0 Å². The SMILES string of the molecule is CCC1CCN(C(=O)C2(c3ccccc3)CCNCC2)C1. The second-order valence-electron chi connectivity index (χ2n) is 6.51. The number of likely N-dealkylation sites (tertiary alicyclic amines) is 1. The normalized spacial score (nSPS) is 25.0. The zero-order valence-corrected chi connectivity index (χ0v) is 13.0. The van der Waals surface area contributed by atoms with E-state index in [2.05, 4.69) is 41.4 Å². The minimum Gasteiger partial charge on any atom is -0.342 e. The monoisotopic (exact) mass is 286 g/mol. The summed E-state index contributed by atoms with van der Waals surface area (Å²) in [4.78, 5) is 15.4. The first-order valence-electron chi connectivity index (χ1n) is 8.32. The lowest BCUT2D eigenvalue weighted by Gasteiger charge is -2.39. The molecule has 1 N–H and O–H groups in total. The number of nitrogens with zero attached hydrogens (tertiary/aromatic N) is 1. The van der Waals surface area contributed by atoms with Gasteiger partial charge in [0.05, 0.1) is 5.41 Å². The van der Waals surface area contributed by atoms with Crippen LogP contribution in [0.1, 0.15) is 38.2 Å². The molecular formula is C18H26N2O. The maximum Gasteiger partial charge on any atom is 0.233 e. The number of hydrogen-bond acceptors (Lipinski definition) is 2. The van der Waals surface area contributed by atoms with Gasteiger partial charge < -0.3 is 10.2 Å². The van der Waals surface area contributed by atoms with Gasteiger partial charge in [0.25, 0.3) is 0 Å². The van der Waals surface area contributed by atoms with Crippen molar-refractivity contribution in [1.29, 1.82) is 0 Å². The average Bonchev–Trinajstić information content (AvgIpc) is 3.04. The molecule has 3 heteroatoms. The van der Waals surface area contributed by atoms with Crippen LogP contribution in [0.2, 0.25) is 0 Å². The van der Waals surface area contributed by atoms with Gasteiger partial charge in [0.2, 0.25) is 5.91 Å². The molecule has 0 aliphatic carbocycles. The Morgan fingerprint density at radius 3 is 2.62 bits per heavy atom. The number of hydrogen-bond donors (Lipinski definition) is 1. The highest BCUT2D eigenvalue weighted by Crippen LogP contribution is 2.37. The fourth-order valence-corrected chi connectivity index (χ4v) is 3.89. The summed E-state index contributed by atoms with van der Waals surface area (Å²) in [6.07, 6.45) is 4.20. The molecule has 1 aromatic carbocycles. The predicted octanol–water partition coefficient (Wildman–Crippen LogP) is 2.57. The van der Waals surface area contributed by atoms with E-state index >= 15 is 0 Å². The van der Waals surface area contributed by atoms with Crippen molar-refractivity contribution in [3.63, 3.8) is 0 Å². The van der Waals surface area contributed by atoms with Gasteiger partial charge in [-0.15, -0.1) is 0 Å². The van der Waals surface area contributed by atoms with Crippen LogP contribution in [0.4, 0.5) is 0 Å². The summed E-state index contributed by atoms with van der Waals surface area (Å²) < 4.78 is 0. The molecule has 2 fully saturated rings. The Labute approximate surface area is 127 Å². The minimum absolute atomic E-state index is 0.296. The van der Waals surface area contributed by atoms with Crippen LogP contribution in [0.5, 0.6) is 0 Å². The van der Waals surface area contributed by atoms with E-state index < -0.39 is 0 Å². The van der Waals surface area contributed by atoms with Crippen molar-refractivity contribution >= 4 is 5.91 Å². The molecule has 1 unspecified atom stereocenters.